The first-order valence-electron chi connectivity index (χ1n) is 9.38. The number of ether oxygens (including phenoxy) is 1. The van der Waals surface area contributed by atoms with E-state index in [9.17, 15) is 14.4 Å². The molecule has 30 heavy (non-hydrogen) atoms. The van der Waals surface area contributed by atoms with Crippen molar-refractivity contribution in [1.82, 2.24) is 4.98 Å². The van der Waals surface area contributed by atoms with Crippen molar-refractivity contribution < 1.29 is 23.5 Å². The zero-order valence-electron chi connectivity index (χ0n) is 16.4. The number of hydrogen-bond donors (Lipinski definition) is 1. The molecule has 0 fully saturated rings. The van der Waals surface area contributed by atoms with Gasteiger partial charge in [0.05, 0.1) is 11.4 Å². The molecule has 8 nitrogen and oxygen atoms in total. The third kappa shape index (κ3) is 3.67. The fourth-order valence-corrected chi connectivity index (χ4v) is 3.21. The molecule has 152 valence electrons. The van der Waals surface area contributed by atoms with Crippen LogP contribution in [0.2, 0.25) is 0 Å². The lowest BCUT2D eigenvalue weighted by Crippen LogP contribution is -2.47. The van der Waals surface area contributed by atoms with Crippen LogP contribution in [0.5, 0.6) is 0 Å². The third-order valence-corrected chi connectivity index (χ3v) is 4.68. The first-order valence-corrected chi connectivity index (χ1v) is 9.38. The van der Waals surface area contributed by atoms with Gasteiger partial charge in [-0.05, 0) is 38.1 Å². The number of carbonyl (C=O) groups is 3. The van der Waals surface area contributed by atoms with Gasteiger partial charge in [0.25, 0.3) is 5.91 Å². The van der Waals surface area contributed by atoms with Gasteiger partial charge in [-0.1, -0.05) is 30.3 Å². The van der Waals surface area contributed by atoms with Crippen LogP contribution in [0.3, 0.4) is 0 Å². The van der Waals surface area contributed by atoms with Crippen molar-refractivity contribution in [2.24, 2.45) is 0 Å². The number of rotatable bonds is 4. The first-order chi connectivity index (χ1) is 14.4. The number of aromatic nitrogens is 1. The third-order valence-electron chi connectivity index (χ3n) is 4.68. The van der Waals surface area contributed by atoms with E-state index in [0.717, 1.165) is 5.56 Å². The Balaban J connectivity index is 1.51. The molecule has 8 heteroatoms. The standard InChI is InChI=1S/C22H19N3O5/c1-13-19(24-20(29-13)15-8-4-3-5-9-15)22(28)30-14(2)21(27)25-12-18(26)23-16-10-6-7-11-17(16)25/h3-11,14H,12H2,1-2H3,(H,23,26)/t14-/m1/s1. The minimum Gasteiger partial charge on any atom is -0.448 e. The smallest absolute Gasteiger partial charge is 0.361 e. The predicted octanol–water partition coefficient (Wildman–Crippen LogP) is 3.18. The van der Waals surface area contributed by atoms with E-state index >= 15 is 0 Å². The summed E-state index contributed by atoms with van der Waals surface area (Å²) in [6.07, 6.45) is -1.12. The normalized spacial score (nSPS) is 13.9. The monoisotopic (exact) mass is 405 g/mol. The van der Waals surface area contributed by atoms with Crippen molar-refractivity contribution in [3.63, 3.8) is 0 Å². The number of para-hydroxylation sites is 2. The Morgan fingerprint density at radius 2 is 1.83 bits per heavy atom. The molecule has 0 bridgehead atoms. The van der Waals surface area contributed by atoms with E-state index in [1.807, 2.05) is 30.3 Å². The molecule has 0 unspecified atom stereocenters. The van der Waals surface area contributed by atoms with Gasteiger partial charge in [-0.15, -0.1) is 0 Å². The number of amides is 2. The van der Waals surface area contributed by atoms with Gasteiger partial charge >= 0.3 is 5.97 Å². The van der Waals surface area contributed by atoms with Crippen molar-refractivity contribution >= 4 is 29.2 Å². The minimum atomic E-state index is -1.12. The van der Waals surface area contributed by atoms with Crippen LogP contribution >= 0.6 is 0 Å². The van der Waals surface area contributed by atoms with E-state index in [1.165, 1.54) is 11.8 Å². The molecule has 0 saturated heterocycles. The van der Waals surface area contributed by atoms with E-state index in [1.54, 1.807) is 31.2 Å². The quantitative estimate of drug-likeness (QED) is 0.669. The van der Waals surface area contributed by atoms with E-state index in [4.69, 9.17) is 9.15 Å². The van der Waals surface area contributed by atoms with Crippen LogP contribution in [0, 0.1) is 6.92 Å². The van der Waals surface area contributed by atoms with Crippen LogP contribution < -0.4 is 10.2 Å². The van der Waals surface area contributed by atoms with Crippen LogP contribution in [0.15, 0.2) is 59.0 Å². The Morgan fingerprint density at radius 1 is 1.13 bits per heavy atom. The summed E-state index contributed by atoms with van der Waals surface area (Å²) in [7, 11) is 0. The van der Waals surface area contributed by atoms with Gasteiger partial charge in [0.2, 0.25) is 11.8 Å². The van der Waals surface area contributed by atoms with Gasteiger partial charge in [0, 0.05) is 5.56 Å². The second-order valence-corrected chi connectivity index (χ2v) is 6.83. The van der Waals surface area contributed by atoms with Crippen molar-refractivity contribution in [3.8, 4) is 11.5 Å². The van der Waals surface area contributed by atoms with Crippen molar-refractivity contribution in [2.75, 3.05) is 16.8 Å². The van der Waals surface area contributed by atoms with E-state index in [-0.39, 0.29) is 18.1 Å². The molecule has 1 aromatic heterocycles. The highest BCUT2D eigenvalue weighted by Gasteiger charge is 2.32. The Hall–Kier alpha value is -3.94. The zero-order chi connectivity index (χ0) is 21.3. The molecule has 1 aliphatic rings. The number of benzene rings is 2. The fraction of sp³-hybridized carbons (Fsp3) is 0.182. The summed E-state index contributed by atoms with van der Waals surface area (Å²) in [6, 6.07) is 16.1. The number of fused-ring (bicyclic) bond motifs is 1. The van der Waals surface area contributed by atoms with Gasteiger partial charge in [0.15, 0.2) is 11.8 Å². The molecular weight excluding hydrogens is 386 g/mol. The van der Waals surface area contributed by atoms with Crippen LogP contribution in [0.4, 0.5) is 11.4 Å². The van der Waals surface area contributed by atoms with Crippen molar-refractivity contribution in [3.05, 3.63) is 66.1 Å². The summed E-state index contributed by atoms with van der Waals surface area (Å²) in [5, 5.41) is 2.71. The molecule has 4 rings (SSSR count). The maximum absolute atomic E-state index is 12.9. The minimum absolute atomic E-state index is 0.00490. The van der Waals surface area contributed by atoms with E-state index in [0.29, 0.717) is 23.0 Å². The second-order valence-electron chi connectivity index (χ2n) is 6.83. The van der Waals surface area contributed by atoms with Gasteiger partial charge in [0.1, 0.15) is 12.3 Å². The van der Waals surface area contributed by atoms with Crippen LogP contribution in [-0.2, 0) is 14.3 Å². The number of aryl methyl sites for hydroxylation is 1. The first kappa shape index (κ1) is 19.4. The SMILES string of the molecule is Cc1oc(-c2ccccc2)nc1C(=O)O[C@H](C)C(=O)N1CC(=O)Nc2ccccc21. The van der Waals surface area contributed by atoms with Gasteiger partial charge in [-0.2, -0.15) is 0 Å². The average Bonchev–Trinajstić information content (AvgIpc) is 3.15. The summed E-state index contributed by atoms with van der Waals surface area (Å²) >= 11 is 0. The highest BCUT2D eigenvalue weighted by molar-refractivity contribution is 6.11. The molecule has 1 aliphatic heterocycles. The maximum Gasteiger partial charge on any atom is 0.361 e. The molecule has 2 aromatic carbocycles. The summed E-state index contributed by atoms with van der Waals surface area (Å²) in [5.74, 6) is -1.01. The van der Waals surface area contributed by atoms with Crippen LogP contribution in [0.1, 0.15) is 23.2 Å². The highest BCUT2D eigenvalue weighted by Crippen LogP contribution is 2.30. The maximum atomic E-state index is 12.9. The average molecular weight is 405 g/mol. The molecule has 1 N–H and O–H groups in total. The van der Waals surface area contributed by atoms with Gasteiger partial charge in [-0.25, -0.2) is 9.78 Å². The molecule has 0 saturated carbocycles. The van der Waals surface area contributed by atoms with E-state index in [2.05, 4.69) is 10.3 Å². The molecular formula is C22H19N3O5. The lowest BCUT2D eigenvalue weighted by atomic mass is 10.1. The van der Waals surface area contributed by atoms with Crippen molar-refractivity contribution in [1.29, 1.82) is 0 Å². The number of nitrogens with zero attached hydrogens (tertiary/aromatic N) is 2. The predicted molar refractivity (Wildman–Crippen MR) is 109 cm³/mol. The summed E-state index contributed by atoms with van der Waals surface area (Å²) in [5.41, 5.74) is 1.81. The highest BCUT2D eigenvalue weighted by atomic mass is 16.5. The number of anilines is 2. The molecule has 0 radical (unpaired) electrons. The summed E-state index contributed by atoms with van der Waals surface area (Å²) in [6.45, 7) is 2.91. The number of nitrogens with one attached hydrogen (secondary N) is 1. The van der Waals surface area contributed by atoms with Crippen molar-refractivity contribution in [2.45, 2.75) is 20.0 Å². The molecule has 3 aromatic rings. The Morgan fingerprint density at radius 3 is 2.60 bits per heavy atom. The lowest BCUT2D eigenvalue weighted by Gasteiger charge is -2.30. The Bertz CT molecular complexity index is 1120. The number of carbonyl (C=O) groups excluding carboxylic acids is 3. The zero-order valence-corrected chi connectivity index (χ0v) is 16.4. The fourth-order valence-electron chi connectivity index (χ4n) is 3.21. The molecule has 2 amide bonds. The Kier molecular flexibility index (Phi) is 5.05. The topological polar surface area (TPSA) is 102 Å². The summed E-state index contributed by atoms with van der Waals surface area (Å²) < 4.78 is 10.9. The van der Waals surface area contributed by atoms with E-state index < -0.39 is 18.0 Å². The van der Waals surface area contributed by atoms with Crippen LogP contribution in [-0.4, -0.2) is 35.4 Å². The largest absolute Gasteiger partial charge is 0.448 e. The van der Waals surface area contributed by atoms with Crippen LogP contribution in [0.25, 0.3) is 11.5 Å². The molecule has 1 atom stereocenters. The second kappa shape index (κ2) is 7.82. The van der Waals surface area contributed by atoms with Gasteiger partial charge in [-0.3, -0.25) is 14.5 Å². The molecule has 0 spiro atoms. The molecule has 2 heterocycles. The number of oxazole rings is 1. The Labute approximate surface area is 172 Å². The summed E-state index contributed by atoms with van der Waals surface area (Å²) in [4.78, 5) is 43.0. The van der Waals surface area contributed by atoms with Gasteiger partial charge < -0.3 is 14.5 Å². The number of esters is 1. The lowest BCUT2D eigenvalue weighted by molar-refractivity contribution is -0.128. The number of hydrogen-bond acceptors (Lipinski definition) is 6. The molecule has 0 aliphatic carbocycles.